The number of nitrogens with one attached hydrogen (secondary N) is 1. The summed E-state index contributed by atoms with van der Waals surface area (Å²) in [6.07, 6.45) is 7.21. The molecule has 1 saturated heterocycles. The molecule has 6 heteroatoms. The highest BCUT2D eigenvalue weighted by molar-refractivity contribution is 7.13. The molecule has 3 aromatic rings. The molecule has 1 aliphatic heterocycles. The van der Waals surface area contributed by atoms with Crippen LogP contribution in [-0.4, -0.2) is 27.3 Å². The van der Waals surface area contributed by atoms with Crippen LogP contribution < -0.4 is 5.32 Å². The van der Waals surface area contributed by atoms with Crippen molar-refractivity contribution in [3.8, 4) is 0 Å². The van der Waals surface area contributed by atoms with Gasteiger partial charge in [0.15, 0.2) is 5.13 Å². The van der Waals surface area contributed by atoms with Gasteiger partial charge in [-0.25, -0.2) is 9.97 Å². The number of hydrogen-bond acceptors (Lipinski definition) is 5. The Bertz CT molecular complexity index is 924. The fourth-order valence-corrected chi connectivity index (χ4v) is 3.97. The summed E-state index contributed by atoms with van der Waals surface area (Å²) >= 11 is 1.54. The molecule has 0 radical (unpaired) electrons. The Morgan fingerprint density at radius 1 is 1.19 bits per heavy atom. The highest BCUT2D eigenvalue weighted by Crippen LogP contribution is 2.34. The molecule has 0 aliphatic carbocycles. The first-order valence-electron chi connectivity index (χ1n) is 8.97. The smallest absolute Gasteiger partial charge is 0.247 e. The fraction of sp³-hybridized carbons (Fsp3) is 0.190. The third kappa shape index (κ3) is 4.23. The first-order valence-corrected chi connectivity index (χ1v) is 9.85. The Morgan fingerprint density at radius 2 is 2.04 bits per heavy atom. The van der Waals surface area contributed by atoms with Crippen molar-refractivity contribution in [3.63, 3.8) is 0 Å². The van der Waals surface area contributed by atoms with E-state index in [4.69, 9.17) is 0 Å². The first kappa shape index (κ1) is 17.4. The SMILES string of the molecule is O=C(/C=C/c1ccccc1)N1CCC[C@H]1c1csc(Nc2ccccn2)n1. The van der Waals surface area contributed by atoms with Crippen LogP contribution in [0.15, 0.2) is 66.2 Å². The second kappa shape index (κ2) is 8.14. The molecule has 1 N–H and O–H groups in total. The third-order valence-electron chi connectivity index (χ3n) is 4.52. The van der Waals surface area contributed by atoms with Crippen LogP contribution in [0.1, 0.15) is 30.1 Å². The van der Waals surface area contributed by atoms with Crippen molar-refractivity contribution in [1.82, 2.24) is 14.9 Å². The maximum atomic E-state index is 12.7. The quantitative estimate of drug-likeness (QED) is 0.658. The zero-order valence-corrected chi connectivity index (χ0v) is 15.6. The molecule has 0 unspecified atom stereocenters. The molecule has 27 heavy (non-hydrogen) atoms. The predicted octanol–water partition coefficient (Wildman–Crippen LogP) is 4.66. The Labute approximate surface area is 162 Å². The van der Waals surface area contributed by atoms with Gasteiger partial charge in [0.1, 0.15) is 5.82 Å². The van der Waals surface area contributed by atoms with Gasteiger partial charge in [-0.3, -0.25) is 4.79 Å². The number of aromatic nitrogens is 2. The molecule has 0 bridgehead atoms. The van der Waals surface area contributed by atoms with Crippen molar-refractivity contribution in [2.24, 2.45) is 0 Å². The van der Waals surface area contributed by atoms with E-state index in [0.717, 1.165) is 41.6 Å². The van der Waals surface area contributed by atoms with Crippen LogP contribution in [-0.2, 0) is 4.79 Å². The van der Waals surface area contributed by atoms with Crippen molar-refractivity contribution in [2.75, 3.05) is 11.9 Å². The maximum Gasteiger partial charge on any atom is 0.247 e. The summed E-state index contributed by atoms with van der Waals surface area (Å²) in [5.41, 5.74) is 1.97. The number of carbonyl (C=O) groups is 1. The molecule has 1 amide bonds. The van der Waals surface area contributed by atoms with Crippen molar-refractivity contribution in [1.29, 1.82) is 0 Å². The number of nitrogens with zero attached hydrogens (tertiary/aromatic N) is 3. The Kier molecular flexibility index (Phi) is 5.25. The molecule has 1 fully saturated rings. The zero-order chi connectivity index (χ0) is 18.5. The standard InChI is InChI=1S/C21H20N4OS/c26-20(12-11-16-7-2-1-3-8-16)25-14-6-9-18(25)17-15-27-21(23-17)24-19-10-4-5-13-22-19/h1-5,7-8,10-13,15,18H,6,9,14H2,(H,22,23,24)/b12-11+/t18-/m0/s1. The van der Waals surface area contributed by atoms with Crippen LogP contribution in [0.2, 0.25) is 0 Å². The molecule has 1 atom stereocenters. The van der Waals surface area contributed by atoms with Gasteiger partial charge in [0.05, 0.1) is 11.7 Å². The van der Waals surface area contributed by atoms with Gasteiger partial charge < -0.3 is 10.2 Å². The van der Waals surface area contributed by atoms with E-state index in [1.165, 1.54) is 11.3 Å². The number of hydrogen-bond donors (Lipinski definition) is 1. The van der Waals surface area contributed by atoms with Crippen molar-refractivity contribution >= 4 is 34.3 Å². The summed E-state index contributed by atoms with van der Waals surface area (Å²) < 4.78 is 0. The monoisotopic (exact) mass is 376 g/mol. The molecule has 0 spiro atoms. The number of thiazole rings is 1. The van der Waals surface area contributed by atoms with E-state index in [-0.39, 0.29) is 11.9 Å². The molecular formula is C21H20N4OS. The minimum atomic E-state index is 0.0356. The van der Waals surface area contributed by atoms with Crippen LogP contribution in [0.3, 0.4) is 0 Å². The number of pyridine rings is 1. The van der Waals surface area contributed by atoms with Gasteiger partial charge in [-0.2, -0.15) is 0 Å². The Hall–Kier alpha value is -2.99. The van der Waals surface area contributed by atoms with E-state index in [1.54, 1.807) is 12.3 Å². The minimum Gasteiger partial charge on any atom is -0.331 e. The minimum absolute atomic E-state index is 0.0356. The van der Waals surface area contributed by atoms with Crippen molar-refractivity contribution in [3.05, 3.63) is 77.4 Å². The molecule has 1 aliphatic rings. The van der Waals surface area contributed by atoms with E-state index >= 15 is 0 Å². The van der Waals surface area contributed by atoms with Gasteiger partial charge in [0.2, 0.25) is 5.91 Å². The van der Waals surface area contributed by atoms with Crippen LogP contribution in [0.25, 0.3) is 6.08 Å². The zero-order valence-electron chi connectivity index (χ0n) is 14.8. The summed E-state index contributed by atoms with van der Waals surface area (Å²) in [5, 5.41) is 6.04. The maximum absolute atomic E-state index is 12.7. The van der Waals surface area contributed by atoms with Gasteiger partial charge in [-0.05, 0) is 36.6 Å². The van der Waals surface area contributed by atoms with E-state index in [2.05, 4.69) is 15.3 Å². The van der Waals surface area contributed by atoms with Gasteiger partial charge in [-0.1, -0.05) is 36.4 Å². The van der Waals surface area contributed by atoms with Gasteiger partial charge >= 0.3 is 0 Å². The molecule has 3 heterocycles. The lowest BCUT2D eigenvalue weighted by molar-refractivity contribution is -0.126. The van der Waals surface area contributed by atoms with Crippen molar-refractivity contribution < 1.29 is 4.79 Å². The number of carbonyl (C=O) groups excluding carboxylic acids is 1. The molecule has 2 aromatic heterocycles. The fourth-order valence-electron chi connectivity index (χ4n) is 3.21. The molecule has 1 aromatic carbocycles. The van der Waals surface area contributed by atoms with E-state index in [9.17, 15) is 4.79 Å². The lowest BCUT2D eigenvalue weighted by Crippen LogP contribution is -2.29. The lowest BCUT2D eigenvalue weighted by Gasteiger charge is -2.21. The summed E-state index contributed by atoms with van der Waals surface area (Å²) in [6, 6.07) is 15.6. The first-order chi connectivity index (χ1) is 13.3. The number of benzene rings is 1. The van der Waals surface area contributed by atoms with Crippen LogP contribution in [0.5, 0.6) is 0 Å². The topological polar surface area (TPSA) is 58.1 Å². The van der Waals surface area contributed by atoms with E-state index < -0.39 is 0 Å². The largest absolute Gasteiger partial charge is 0.331 e. The van der Waals surface area contributed by atoms with E-state index in [1.807, 2.05) is 64.9 Å². The number of rotatable bonds is 5. The second-order valence-electron chi connectivity index (χ2n) is 6.35. The highest BCUT2D eigenvalue weighted by atomic mass is 32.1. The predicted molar refractivity (Wildman–Crippen MR) is 109 cm³/mol. The van der Waals surface area contributed by atoms with Crippen LogP contribution in [0.4, 0.5) is 10.9 Å². The average molecular weight is 376 g/mol. The molecule has 5 nitrogen and oxygen atoms in total. The van der Waals surface area contributed by atoms with Gasteiger partial charge in [0, 0.05) is 24.2 Å². The molecule has 136 valence electrons. The summed E-state index contributed by atoms with van der Waals surface area (Å²) in [6.45, 7) is 0.767. The van der Waals surface area contributed by atoms with E-state index in [0.29, 0.717) is 0 Å². The van der Waals surface area contributed by atoms with Crippen LogP contribution in [0, 0.1) is 0 Å². The summed E-state index contributed by atoms with van der Waals surface area (Å²) in [5.74, 6) is 0.803. The molecule has 4 rings (SSSR count). The summed E-state index contributed by atoms with van der Waals surface area (Å²) in [4.78, 5) is 23.6. The third-order valence-corrected chi connectivity index (χ3v) is 5.29. The average Bonchev–Trinajstić information content (AvgIpc) is 3.37. The van der Waals surface area contributed by atoms with Gasteiger partial charge in [-0.15, -0.1) is 11.3 Å². The second-order valence-corrected chi connectivity index (χ2v) is 7.21. The molecule has 0 saturated carbocycles. The Balaban J connectivity index is 1.45. The van der Waals surface area contributed by atoms with Gasteiger partial charge in [0.25, 0.3) is 0 Å². The van der Waals surface area contributed by atoms with Crippen LogP contribution >= 0.6 is 11.3 Å². The Morgan fingerprint density at radius 3 is 2.85 bits per heavy atom. The number of likely N-dealkylation sites (tertiary alicyclic amines) is 1. The number of amides is 1. The normalized spacial score (nSPS) is 16.7. The molecular weight excluding hydrogens is 356 g/mol. The number of anilines is 2. The highest BCUT2D eigenvalue weighted by Gasteiger charge is 2.30. The summed E-state index contributed by atoms with van der Waals surface area (Å²) in [7, 11) is 0. The lowest BCUT2D eigenvalue weighted by atomic mass is 10.1. The van der Waals surface area contributed by atoms with Crippen molar-refractivity contribution in [2.45, 2.75) is 18.9 Å².